The molecule has 0 aromatic carbocycles. The minimum absolute atomic E-state index is 0.249. The summed E-state index contributed by atoms with van der Waals surface area (Å²) < 4.78 is 4.36. The summed E-state index contributed by atoms with van der Waals surface area (Å²) >= 11 is 0. The van der Waals surface area contributed by atoms with Crippen LogP contribution in [0.15, 0.2) is 17.1 Å². The number of nitrogens with zero attached hydrogens (tertiary/aromatic N) is 1. The molecule has 0 rings (SSSR count). The second-order valence-corrected chi connectivity index (χ2v) is 5.12. The first-order valence-electron chi connectivity index (χ1n) is 3.94. The van der Waals surface area contributed by atoms with Gasteiger partial charge in [0, 0.05) is 0 Å². The Morgan fingerprint density at radius 2 is 1.86 bits per heavy atom. The molecule has 0 unspecified atom stereocenters. The van der Waals surface area contributed by atoms with Crippen LogP contribution in [0.5, 0.6) is 0 Å². The number of amides is 1. The highest BCUT2D eigenvalue weighted by Gasteiger charge is 2.17. The predicted molar refractivity (Wildman–Crippen MR) is 58.4 cm³/mol. The van der Waals surface area contributed by atoms with Crippen molar-refractivity contribution in [3.05, 3.63) is 12.2 Å². The second kappa shape index (κ2) is 5.66. The van der Waals surface area contributed by atoms with Gasteiger partial charge in [-0.15, -0.1) is 0 Å². The molecule has 0 fully saturated rings. The quantitative estimate of drug-likeness (QED) is 0.411. The highest BCUT2D eigenvalue weighted by atomic mass is 31.1. The molecule has 14 heavy (non-hydrogen) atoms. The van der Waals surface area contributed by atoms with E-state index in [1.807, 2.05) is 13.3 Å². The molecule has 0 aliphatic heterocycles. The van der Waals surface area contributed by atoms with Gasteiger partial charge < -0.3 is 4.74 Å². The Hall–Kier alpha value is -1.02. The molecule has 0 saturated carbocycles. The van der Waals surface area contributed by atoms with Crippen LogP contribution in [0.4, 0.5) is 4.79 Å². The second-order valence-electron chi connectivity index (χ2n) is 2.91. The van der Waals surface area contributed by atoms with Crippen molar-refractivity contribution in [2.75, 3.05) is 20.4 Å². The number of aliphatic imine (C=N–C) groups is 1. The van der Waals surface area contributed by atoms with Crippen LogP contribution in [-0.4, -0.2) is 37.8 Å². The molecule has 78 valence electrons. The Bertz CT molecular complexity index is 294. The molecule has 4 nitrogen and oxygen atoms in total. The maximum absolute atomic E-state index is 11.5. The minimum Gasteiger partial charge on any atom is -0.451 e. The van der Waals surface area contributed by atoms with E-state index in [-0.39, 0.29) is 11.2 Å². The summed E-state index contributed by atoms with van der Waals surface area (Å²) in [5, 5.41) is 0. The first-order chi connectivity index (χ1) is 6.40. The number of rotatable bonds is 3. The van der Waals surface area contributed by atoms with Gasteiger partial charge in [-0.2, -0.15) is 4.99 Å². The van der Waals surface area contributed by atoms with Crippen LogP contribution >= 0.6 is 7.92 Å². The van der Waals surface area contributed by atoms with Crippen LogP contribution in [0, 0.1) is 0 Å². The number of carbonyl (C=O) groups excluding carboxylic acids is 2. The fraction of sp³-hybridized carbons (Fsp3) is 0.444. The number of methoxy groups -OCH3 is 1. The summed E-state index contributed by atoms with van der Waals surface area (Å²) in [7, 11) is 0.489. The van der Waals surface area contributed by atoms with Gasteiger partial charge in [-0.05, 0) is 25.8 Å². The first kappa shape index (κ1) is 13.0. The normalized spacial score (nSPS) is 11.4. The van der Waals surface area contributed by atoms with E-state index in [1.165, 1.54) is 7.11 Å². The summed E-state index contributed by atoms with van der Waals surface area (Å²) in [6.45, 7) is 8.80. The van der Waals surface area contributed by atoms with E-state index in [9.17, 15) is 9.59 Å². The van der Waals surface area contributed by atoms with Gasteiger partial charge in [-0.3, -0.25) is 4.79 Å². The zero-order valence-corrected chi connectivity index (χ0v) is 9.72. The third-order valence-electron chi connectivity index (χ3n) is 1.39. The molecule has 5 heteroatoms. The Labute approximate surface area is 84.8 Å². The largest absolute Gasteiger partial charge is 0.451 e. The molecule has 0 aliphatic rings. The topological polar surface area (TPSA) is 55.7 Å². The van der Waals surface area contributed by atoms with Crippen molar-refractivity contribution in [3.63, 3.8) is 0 Å². The van der Waals surface area contributed by atoms with Gasteiger partial charge in [0.15, 0.2) is 0 Å². The number of ether oxygens (including phenoxy) is 1. The Morgan fingerprint density at radius 1 is 1.36 bits per heavy atom. The fourth-order valence-corrected chi connectivity index (χ4v) is 1.56. The maximum Gasteiger partial charge on any atom is 0.434 e. The molecular weight excluding hydrogens is 201 g/mol. The number of hydrogen-bond donors (Lipinski definition) is 0. The van der Waals surface area contributed by atoms with Gasteiger partial charge in [0.25, 0.3) is 0 Å². The number of carbonyl (C=O) groups is 2. The monoisotopic (exact) mass is 215 g/mol. The molecule has 1 amide bonds. The molecule has 0 aliphatic carbocycles. The lowest BCUT2D eigenvalue weighted by atomic mass is 10.2. The van der Waals surface area contributed by atoms with Crippen LogP contribution in [0.25, 0.3) is 0 Å². The van der Waals surface area contributed by atoms with E-state index in [4.69, 9.17) is 0 Å². The lowest BCUT2D eigenvalue weighted by Crippen LogP contribution is -2.14. The minimum atomic E-state index is -0.745. The van der Waals surface area contributed by atoms with Crippen LogP contribution in [0.3, 0.4) is 0 Å². The highest BCUT2D eigenvalue weighted by molar-refractivity contribution is 7.77. The molecule has 0 aromatic rings. The molecule has 0 atom stereocenters. The Kier molecular flexibility index (Phi) is 5.24. The van der Waals surface area contributed by atoms with Gasteiger partial charge in [0.05, 0.1) is 7.11 Å². The molecule has 0 radical (unpaired) electrons. The Morgan fingerprint density at radius 3 is 2.14 bits per heavy atom. The van der Waals surface area contributed by atoms with Crippen molar-refractivity contribution in [1.82, 2.24) is 0 Å². The molecule has 0 saturated heterocycles. The van der Waals surface area contributed by atoms with Crippen molar-refractivity contribution in [2.45, 2.75) is 6.92 Å². The Balaban J connectivity index is 4.96. The third-order valence-corrected chi connectivity index (χ3v) is 2.54. The summed E-state index contributed by atoms with van der Waals surface area (Å²) in [5.41, 5.74) is 0.628. The smallest absolute Gasteiger partial charge is 0.434 e. The lowest BCUT2D eigenvalue weighted by Gasteiger charge is -2.07. The van der Waals surface area contributed by atoms with E-state index >= 15 is 0 Å². The summed E-state index contributed by atoms with van der Waals surface area (Å²) in [5.74, 6) is -0.272. The van der Waals surface area contributed by atoms with Crippen LogP contribution < -0.4 is 0 Å². The van der Waals surface area contributed by atoms with Crippen LogP contribution in [0.2, 0.25) is 0 Å². The van der Waals surface area contributed by atoms with Gasteiger partial charge in [-0.25, -0.2) is 4.79 Å². The van der Waals surface area contributed by atoms with Crippen molar-refractivity contribution in [3.8, 4) is 0 Å². The standard InChI is InChI=1S/C9H14NO3P/c1-6(2)7(11)8(14(4)5)10-9(12)13-3/h1H2,2-5H3. The predicted octanol–water partition coefficient (Wildman–Crippen LogP) is 2.04. The van der Waals surface area contributed by atoms with Crippen molar-refractivity contribution in [2.24, 2.45) is 4.99 Å². The molecule has 0 heterocycles. The average Bonchev–Trinajstić information content (AvgIpc) is 2.11. The average molecular weight is 215 g/mol. The summed E-state index contributed by atoms with van der Waals surface area (Å²) in [6.07, 6.45) is -0.745. The maximum atomic E-state index is 11.5. The number of allylic oxidation sites excluding steroid dienone is 1. The SMILES string of the molecule is C=C(C)C(=O)C(=NC(=O)OC)P(C)C. The fourth-order valence-electron chi connectivity index (χ4n) is 0.677. The van der Waals surface area contributed by atoms with Gasteiger partial charge in [0.1, 0.15) is 5.45 Å². The number of ketones is 1. The van der Waals surface area contributed by atoms with E-state index in [0.29, 0.717) is 5.57 Å². The number of Topliss-reactive ketones (excluding diaryl/α,β-unsaturated/α-hetero) is 1. The molecule has 0 aromatic heterocycles. The van der Waals surface area contributed by atoms with Gasteiger partial charge in [-0.1, -0.05) is 14.5 Å². The molecule has 0 spiro atoms. The molecule has 0 bridgehead atoms. The summed E-state index contributed by atoms with van der Waals surface area (Å²) in [4.78, 5) is 26.0. The van der Waals surface area contributed by atoms with Crippen LogP contribution in [-0.2, 0) is 9.53 Å². The molecule has 0 N–H and O–H groups in total. The van der Waals surface area contributed by atoms with Gasteiger partial charge >= 0.3 is 6.09 Å². The van der Waals surface area contributed by atoms with E-state index in [0.717, 1.165) is 0 Å². The van der Waals surface area contributed by atoms with Crippen molar-refractivity contribution < 1.29 is 14.3 Å². The zero-order valence-electron chi connectivity index (χ0n) is 8.83. The highest BCUT2D eigenvalue weighted by Crippen LogP contribution is 2.29. The number of hydrogen-bond acceptors (Lipinski definition) is 3. The summed E-state index contributed by atoms with van der Waals surface area (Å²) in [6, 6.07) is 0. The van der Waals surface area contributed by atoms with Crippen molar-refractivity contribution >= 4 is 25.3 Å². The van der Waals surface area contributed by atoms with E-state index < -0.39 is 14.0 Å². The van der Waals surface area contributed by atoms with E-state index in [2.05, 4.69) is 16.3 Å². The van der Waals surface area contributed by atoms with Crippen LogP contribution in [0.1, 0.15) is 6.92 Å². The zero-order chi connectivity index (χ0) is 11.3. The van der Waals surface area contributed by atoms with Crippen molar-refractivity contribution in [1.29, 1.82) is 0 Å². The third kappa shape index (κ3) is 3.79. The molecular formula is C9H14NO3P. The van der Waals surface area contributed by atoms with E-state index in [1.54, 1.807) is 6.92 Å². The lowest BCUT2D eigenvalue weighted by molar-refractivity contribution is -0.109. The van der Waals surface area contributed by atoms with Gasteiger partial charge in [0.2, 0.25) is 5.78 Å². The first-order valence-corrected chi connectivity index (χ1v) is 6.18.